The Balaban J connectivity index is 1.90. The van der Waals surface area contributed by atoms with Gasteiger partial charge in [-0.1, -0.05) is 31.0 Å². The number of urea groups is 1. The molecule has 1 aromatic carbocycles. The van der Waals surface area contributed by atoms with Gasteiger partial charge in [-0.2, -0.15) is 13.2 Å². The molecule has 0 aliphatic heterocycles. The number of alkyl halides is 3. The van der Waals surface area contributed by atoms with Crippen LogP contribution < -0.4 is 10.6 Å². The first kappa shape index (κ1) is 17.6. The summed E-state index contributed by atoms with van der Waals surface area (Å²) >= 11 is 0. The van der Waals surface area contributed by atoms with Crippen molar-refractivity contribution >= 4 is 11.7 Å². The van der Waals surface area contributed by atoms with Gasteiger partial charge in [-0.15, -0.1) is 0 Å². The van der Waals surface area contributed by atoms with Crippen molar-refractivity contribution in [2.45, 2.75) is 50.3 Å². The van der Waals surface area contributed by atoms with Gasteiger partial charge in [0.05, 0.1) is 5.60 Å². The van der Waals surface area contributed by atoms with E-state index >= 15 is 0 Å². The first-order valence-corrected chi connectivity index (χ1v) is 7.69. The normalized spacial score (nSPS) is 17.0. The van der Waals surface area contributed by atoms with Crippen LogP contribution in [-0.2, 0) is 6.42 Å². The Kier molecular flexibility index (Phi) is 5.51. The van der Waals surface area contributed by atoms with Crippen molar-refractivity contribution in [2.75, 3.05) is 11.9 Å². The Labute approximate surface area is 133 Å². The largest absolute Gasteiger partial charge is 0.389 e. The Bertz CT molecular complexity index is 540. The molecule has 4 nitrogen and oxygen atoms in total. The van der Waals surface area contributed by atoms with Crippen LogP contribution in [0.2, 0.25) is 0 Å². The van der Waals surface area contributed by atoms with Gasteiger partial charge in [0.2, 0.25) is 0 Å². The predicted octanol–water partition coefficient (Wildman–Crippen LogP) is 3.61. The zero-order valence-corrected chi connectivity index (χ0v) is 12.7. The van der Waals surface area contributed by atoms with E-state index in [0.29, 0.717) is 24.1 Å². The van der Waals surface area contributed by atoms with Gasteiger partial charge in [0.15, 0.2) is 0 Å². The lowest BCUT2D eigenvalue weighted by Gasteiger charge is -2.22. The summed E-state index contributed by atoms with van der Waals surface area (Å²) in [5, 5.41) is 15.3. The summed E-state index contributed by atoms with van der Waals surface area (Å²) in [5.41, 5.74) is -0.0835. The Morgan fingerprint density at radius 1 is 1.22 bits per heavy atom. The average molecular weight is 330 g/mol. The molecule has 3 N–H and O–H groups in total. The highest BCUT2D eigenvalue weighted by atomic mass is 19.4. The fourth-order valence-corrected chi connectivity index (χ4v) is 2.76. The molecular weight excluding hydrogens is 309 g/mol. The molecule has 1 saturated carbocycles. The summed E-state index contributed by atoms with van der Waals surface area (Å²) in [6.07, 6.45) is -2.21. The summed E-state index contributed by atoms with van der Waals surface area (Å²) in [6, 6.07) is 5.89. The number of benzene rings is 1. The highest BCUT2D eigenvalue weighted by Crippen LogP contribution is 2.28. The number of aliphatic hydroxyl groups is 1. The molecule has 0 radical (unpaired) electrons. The number of nitrogens with one attached hydrogen (secondary N) is 2. The lowest BCUT2D eigenvalue weighted by molar-refractivity contribution is -0.133. The van der Waals surface area contributed by atoms with Crippen molar-refractivity contribution in [3.05, 3.63) is 29.8 Å². The van der Waals surface area contributed by atoms with E-state index in [1.165, 1.54) is 0 Å². The lowest BCUT2D eigenvalue weighted by atomic mass is 10.0. The summed E-state index contributed by atoms with van der Waals surface area (Å²) in [6.45, 7) is 0.142. The third-order valence-electron chi connectivity index (χ3n) is 4.06. The molecule has 7 heteroatoms. The molecule has 0 unspecified atom stereocenters. The number of carbonyl (C=O) groups is 1. The number of rotatable bonds is 5. The molecule has 1 aliphatic carbocycles. The van der Waals surface area contributed by atoms with Gasteiger partial charge in [0.1, 0.15) is 0 Å². The maximum Gasteiger partial charge on any atom is 0.389 e. The van der Waals surface area contributed by atoms with Gasteiger partial charge in [0, 0.05) is 18.7 Å². The van der Waals surface area contributed by atoms with Crippen LogP contribution in [0.4, 0.5) is 23.7 Å². The molecule has 2 amide bonds. The van der Waals surface area contributed by atoms with Crippen LogP contribution in [-0.4, -0.2) is 29.5 Å². The number of hydrogen-bond acceptors (Lipinski definition) is 2. The fraction of sp³-hybridized carbons (Fsp3) is 0.562. The number of halogens is 3. The molecule has 0 saturated heterocycles. The Hall–Kier alpha value is -1.76. The molecule has 1 fully saturated rings. The van der Waals surface area contributed by atoms with Gasteiger partial charge in [-0.3, -0.25) is 0 Å². The van der Waals surface area contributed by atoms with Crippen molar-refractivity contribution in [1.82, 2.24) is 5.32 Å². The first-order valence-electron chi connectivity index (χ1n) is 7.69. The highest BCUT2D eigenvalue weighted by molar-refractivity contribution is 5.90. The fourth-order valence-electron chi connectivity index (χ4n) is 2.76. The van der Waals surface area contributed by atoms with Crippen molar-refractivity contribution in [3.8, 4) is 0 Å². The minimum absolute atomic E-state index is 0.142. The minimum Gasteiger partial charge on any atom is -0.388 e. The Morgan fingerprint density at radius 3 is 2.52 bits per heavy atom. The van der Waals surface area contributed by atoms with E-state index < -0.39 is 24.2 Å². The van der Waals surface area contributed by atoms with Crippen molar-refractivity contribution in [1.29, 1.82) is 0 Å². The second kappa shape index (κ2) is 7.21. The minimum atomic E-state index is -4.24. The molecule has 2 rings (SSSR count). The van der Waals surface area contributed by atoms with Crippen LogP contribution >= 0.6 is 0 Å². The zero-order valence-electron chi connectivity index (χ0n) is 12.7. The molecule has 128 valence electrons. The molecule has 1 aliphatic rings. The van der Waals surface area contributed by atoms with E-state index in [0.717, 1.165) is 12.8 Å². The number of anilines is 1. The zero-order chi connectivity index (χ0) is 16.9. The molecular formula is C16H21F3N2O2. The molecule has 1 aromatic rings. The first-order chi connectivity index (χ1) is 10.8. The number of carbonyl (C=O) groups excluding carboxylic acids is 1. The maximum atomic E-state index is 12.3. The summed E-state index contributed by atoms with van der Waals surface area (Å²) in [4.78, 5) is 11.9. The summed E-state index contributed by atoms with van der Waals surface area (Å²) in [7, 11) is 0. The molecule has 23 heavy (non-hydrogen) atoms. The predicted molar refractivity (Wildman–Crippen MR) is 81.3 cm³/mol. The van der Waals surface area contributed by atoms with Crippen LogP contribution in [0.5, 0.6) is 0 Å². The molecule has 0 heterocycles. The lowest BCUT2D eigenvalue weighted by Crippen LogP contribution is -2.42. The highest BCUT2D eigenvalue weighted by Gasteiger charge is 2.31. The van der Waals surface area contributed by atoms with Crippen molar-refractivity contribution in [2.24, 2.45) is 0 Å². The van der Waals surface area contributed by atoms with E-state index in [4.69, 9.17) is 0 Å². The number of para-hydroxylation sites is 1. The second-order valence-electron chi connectivity index (χ2n) is 6.01. The third-order valence-corrected chi connectivity index (χ3v) is 4.06. The second-order valence-corrected chi connectivity index (χ2v) is 6.01. The smallest absolute Gasteiger partial charge is 0.388 e. The van der Waals surface area contributed by atoms with Crippen LogP contribution in [0.15, 0.2) is 24.3 Å². The topological polar surface area (TPSA) is 61.4 Å². The molecule has 0 spiro atoms. The van der Waals surface area contributed by atoms with Gasteiger partial charge in [0.25, 0.3) is 0 Å². The maximum absolute atomic E-state index is 12.3. The van der Waals surface area contributed by atoms with Crippen molar-refractivity contribution < 1.29 is 23.1 Å². The quantitative estimate of drug-likeness (QED) is 0.772. The van der Waals surface area contributed by atoms with Crippen LogP contribution in [0.3, 0.4) is 0 Å². The SMILES string of the molecule is O=C(NCC1(O)CCCC1)Nc1ccccc1CCC(F)(F)F. The van der Waals surface area contributed by atoms with Crippen LogP contribution in [0.25, 0.3) is 0 Å². The number of aryl methyl sites for hydroxylation is 1. The van der Waals surface area contributed by atoms with Gasteiger partial charge < -0.3 is 15.7 Å². The van der Waals surface area contributed by atoms with E-state index in [-0.39, 0.29) is 13.0 Å². The van der Waals surface area contributed by atoms with E-state index in [2.05, 4.69) is 10.6 Å². The number of amides is 2. The third kappa shape index (κ3) is 5.74. The molecule has 0 bridgehead atoms. The average Bonchev–Trinajstić information content (AvgIpc) is 2.91. The van der Waals surface area contributed by atoms with Gasteiger partial charge in [-0.25, -0.2) is 4.79 Å². The van der Waals surface area contributed by atoms with Gasteiger partial charge in [-0.05, 0) is 30.9 Å². The summed E-state index contributed by atoms with van der Waals surface area (Å²) < 4.78 is 37.0. The standard InChI is InChI=1S/C16H21F3N2O2/c17-16(18,19)10-7-12-5-1-2-6-13(12)21-14(22)20-11-15(23)8-3-4-9-15/h1-2,5-6,23H,3-4,7-11H2,(H2,20,21,22). The van der Waals surface area contributed by atoms with Gasteiger partial charge >= 0.3 is 12.2 Å². The van der Waals surface area contributed by atoms with E-state index in [9.17, 15) is 23.1 Å². The van der Waals surface area contributed by atoms with E-state index in [1.54, 1.807) is 24.3 Å². The van der Waals surface area contributed by atoms with Crippen molar-refractivity contribution in [3.63, 3.8) is 0 Å². The Morgan fingerprint density at radius 2 is 1.87 bits per heavy atom. The van der Waals surface area contributed by atoms with Crippen LogP contribution in [0, 0.1) is 0 Å². The molecule has 0 aromatic heterocycles. The number of hydrogen-bond donors (Lipinski definition) is 3. The monoisotopic (exact) mass is 330 g/mol. The molecule has 0 atom stereocenters. The van der Waals surface area contributed by atoms with E-state index in [1.807, 2.05) is 0 Å². The summed E-state index contributed by atoms with van der Waals surface area (Å²) in [5.74, 6) is 0. The van der Waals surface area contributed by atoms with Crippen LogP contribution in [0.1, 0.15) is 37.7 Å².